The van der Waals surface area contributed by atoms with E-state index in [9.17, 15) is 22.4 Å². The van der Waals surface area contributed by atoms with Crippen LogP contribution in [0.4, 0.5) is 4.39 Å². The van der Waals surface area contributed by atoms with E-state index in [1.807, 2.05) is 0 Å². The Morgan fingerprint density at radius 1 is 1.08 bits per heavy atom. The maximum atomic E-state index is 12.8. The van der Waals surface area contributed by atoms with Crippen molar-refractivity contribution in [1.29, 1.82) is 0 Å². The zero-order chi connectivity index (χ0) is 19.2. The first-order valence-electron chi connectivity index (χ1n) is 7.83. The molecule has 0 atom stereocenters. The van der Waals surface area contributed by atoms with Gasteiger partial charge in [-0.15, -0.1) is 0 Å². The minimum atomic E-state index is -3.65. The number of Topliss-reactive ketones (excluding diaryl/α,β-unsaturated/α-hetero) is 1. The number of esters is 1. The van der Waals surface area contributed by atoms with Gasteiger partial charge in [-0.25, -0.2) is 22.3 Å². The van der Waals surface area contributed by atoms with Crippen molar-refractivity contribution in [1.82, 2.24) is 4.72 Å². The Morgan fingerprint density at radius 3 is 2.42 bits per heavy atom. The first-order chi connectivity index (χ1) is 12.3. The topological polar surface area (TPSA) is 89.5 Å². The molecule has 0 amide bonds. The number of hydrogen-bond acceptors (Lipinski definition) is 5. The van der Waals surface area contributed by atoms with Gasteiger partial charge in [0.25, 0.3) is 0 Å². The lowest BCUT2D eigenvalue weighted by molar-refractivity contribution is 0.0494. The van der Waals surface area contributed by atoms with Gasteiger partial charge in [0.05, 0.1) is 17.1 Å². The van der Waals surface area contributed by atoms with Crippen LogP contribution in [0.1, 0.15) is 33.6 Å². The van der Waals surface area contributed by atoms with E-state index >= 15 is 0 Å². The van der Waals surface area contributed by atoms with Crippen LogP contribution < -0.4 is 4.72 Å². The van der Waals surface area contributed by atoms with E-state index in [-0.39, 0.29) is 29.3 Å². The van der Waals surface area contributed by atoms with Crippen molar-refractivity contribution < 1.29 is 27.1 Å². The molecule has 6 nitrogen and oxygen atoms in total. The summed E-state index contributed by atoms with van der Waals surface area (Å²) in [5.74, 6) is -1.27. The quantitative estimate of drug-likeness (QED) is 0.433. The SMILES string of the molecule is CNS(=O)(=O)c1cccc(C(=O)OCCCC(=O)c2ccc(F)cc2)c1. The molecule has 0 heterocycles. The first kappa shape index (κ1) is 19.7. The van der Waals surface area contributed by atoms with Gasteiger partial charge in [0.1, 0.15) is 5.82 Å². The Balaban J connectivity index is 1.86. The van der Waals surface area contributed by atoms with Gasteiger partial charge in [0, 0.05) is 12.0 Å². The van der Waals surface area contributed by atoms with E-state index in [2.05, 4.69) is 4.72 Å². The summed E-state index contributed by atoms with van der Waals surface area (Å²) in [4.78, 5) is 23.9. The molecule has 0 bridgehead atoms. The normalized spacial score (nSPS) is 11.2. The summed E-state index contributed by atoms with van der Waals surface area (Å²) in [5, 5.41) is 0. The van der Waals surface area contributed by atoms with Gasteiger partial charge >= 0.3 is 5.97 Å². The van der Waals surface area contributed by atoms with Crippen molar-refractivity contribution in [3.63, 3.8) is 0 Å². The number of benzene rings is 2. The van der Waals surface area contributed by atoms with Gasteiger partial charge in [0.15, 0.2) is 5.78 Å². The Bertz CT molecular complexity index is 894. The highest BCUT2D eigenvalue weighted by Gasteiger charge is 2.15. The second kappa shape index (κ2) is 8.68. The summed E-state index contributed by atoms with van der Waals surface area (Å²) in [6.07, 6.45) is 0.448. The molecule has 1 N–H and O–H groups in total. The molecule has 8 heteroatoms. The van der Waals surface area contributed by atoms with Crippen LogP contribution in [0, 0.1) is 5.82 Å². The average molecular weight is 379 g/mol. The molecular formula is C18H18FNO5S. The minimum Gasteiger partial charge on any atom is -0.462 e. The predicted molar refractivity (Wildman–Crippen MR) is 92.9 cm³/mol. The fourth-order valence-corrected chi connectivity index (χ4v) is 2.94. The van der Waals surface area contributed by atoms with Crippen molar-refractivity contribution in [2.24, 2.45) is 0 Å². The molecule has 2 aromatic carbocycles. The fourth-order valence-electron chi connectivity index (χ4n) is 2.17. The summed E-state index contributed by atoms with van der Waals surface area (Å²) < 4.78 is 43.5. The molecule has 2 rings (SSSR count). The number of rotatable bonds is 8. The Hall–Kier alpha value is -2.58. The third-order valence-electron chi connectivity index (χ3n) is 3.60. The van der Waals surface area contributed by atoms with E-state index in [0.717, 1.165) is 0 Å². The number of ketones is 1. The van der Waals surface area contributed by atoms with Gasteiger partial charge in [0.2, 0.25) is 10.0 Å². The lowest BCUT2D eigenvalue weighted by Crippen LogP contribution is -2.19. The number of ether oxygens (including phenoxy) is 1. The molecule has 138 valence electrons. The van der Waals surface area contributed by atoms with Crippen LogP contribution in [0.5, 0.6) is 0 Å². The van der Waals surface area contributed by atoms with Crippen LogP contribution in [0.2, 0.25) is 0 Å². The molecule has 0 aliphatic rings. The standard InChI is InChI=1S/C18H18FNO5S/c1-20-26(23,24)16-5-2-4-14(12-16)18(22)25-11-3-6-17(21)13-7-9-15(19)10-8-13/h2,4-5,7-10,12,20H,3,6,11H2,1H3. The average Bonchev–Trinajstić information content (AvgIpc) is 2.65. The molecule has 0 saturated heterocycles. The molecule has 0 radical (unpaired) electrons. The zero-order valence-corrected chi connectivity index (χ0v) is 14.9. The van der Waals surface area contributed by atoms with Crippen LogP contribution in [-0.2, 0) is 14.8 Å². The van der Waals surface area contributed by atoms with E-state index in [1.165, 1.54) is 55.6 Å². The lowest BCUT2D eigenvalue weighted by atomic mass is 10.1. The second-order valence-corrected chi connectivity index (χ2v) is 7.29. The maximum absolute atomic E-state index is 12.8. The summed E-state index contributed by atoms with van der Waals surface area (Å²) in [5.41, 5.74) is 0.494. The van der Waals surface area contributed by atoms with Gasteiger partial charge in [-0.1, -0.05) is 6.07 Å². The Kier molecular flexibility index (Phi) is 6.59. The smallest absolute Gasteiger partial charge is 0.338 e. The molecular weight excluding hydrogens is 361 g/mol. The Labute approximate surface area is 151 Å². The summed E-state index contributed by atoms with van der Waals surface area (Å²) in [6, 6.07) is 10.7. The van der Waals surface area contributed by atoms with Crippen molar-refractivity contribution >= 4 is 21.8 Å². The fraction of sp³-hybridized carbons (Fsp3) is 0.222. The number of carbonyl (C=O) groups excluding carboxylic acids is 2. The molecule has 0 saturated carbocycles. The number of carbonyl (C=O) groups is 2. The molecule has 2 aromatic rings. The predicted octanol–water partition coefficient (Wildman–Crippen LogP) is 2.55. The molecule has 0 aromatic heterocycles. The number of halogens is 1. The second-order valence-electron chi connectivity index (χ2n) is 5.40. The Morgan fingerprint density at radius 2 is 1.77 bits per heavy atom. The largest absolute Gasteiger partial charge is 0.462 e. The number of sulfonamides is 1. The summed E-state index contributed by atoms with van der Waals surface area (Å²) in [7, 11) is -2.38. The van der Waals surface area contributed by atoms with Gasteiger partial charge < -0.3 is 4.74 Å². The van der Waals surface area contributed by atoms with Crippen LogP contribution in [0.25, 0.3) is 0 Å². The first-order valence-corrected chi connectivity index (χ1v) is 9.31. The highest BCUT2D eigenvalue weighted by Crippen LogP contribution is 2.13. The molecule has 0 fully saturated rings. The molecule has 0 aliphatic heterocycles. The third-order valence-corrected chi connectivity index (χ3v) is 5.01. The van der Waals surface area contributed by atoms with E-state index in [1.54, 1.807) is 0 Å². The van der Waals surface area contributed by atoms with Crippen molar-refractivity contribution in [3.8, 4) is 0 Å². The molecule has 0 unspecified atom stereocenters. The highest BCUT2D eigenvalue weighted by atomic mass is 32.2. The monoisotopic (exact) mass is 379 g/mol. The number of nitrogens with one attached hydrogen (secondary N) is 1. The van der Waals surface area contributed by atoms with E-state index in [4.69, 9.17) is 4.74 Å². The van der Waals surface area contributed by atoms with Crippen LogP contribution in [0.3, 0.4) is 0 Å². The molecule has 0 aliphatic carbocycles. The van der Waals surface area contributed by atoms with Gasteiger partial charge in [-0.3, -0.25) is 4.79 Å². The van der Waals surface area contributed by atoms with Crippen LogP contribution >= 0.6 is 0 Å². The maximum Gasteiger partial charge on any atom is 0.338 e. The van der Waals surface area contributed by atoms with E-state index < -0.39 is 21.8 Å². The van der Waals surface area contributed by atoms with Crippen LogP contribution in [-0.4, -0.2) is 33.8 Å². The zero-order valence-electron chi connectivity index (χ0n) is 14.1. The van der Waals surface area contributed by atoms with Crippen molar-refractivity contribution in [2.75, 3.05) is 13.7 Å². The summed E-state index contributed by atoms with van der Waals surface area (Å²) in [6.45, 7) is 0.00870. The highest BCUT2D eigenvalue weighted by molar-refractivity contribution is 7.89. The summed E-state index contributed by atoms with van der Waals surface area (Å²) >= 11 is 0. The minimum absolute atomic E-state index is 0.00870. The van der Waals surface area contributed by atoms with Crippen LogP contribution in [0.15, 0.2) is 53.4 Å². The molecule has 26 heavy (non-hydrogen) atoms. The third kappa shape index (κ3) is 5.21. The molecule has 0 spiro atoms. The van der Waals surface area contributed by atoms with Crippen molar-refractivity contribution in [3.05, 3.63) is 65.5 Å². The lowest BCUT2D eigenvalue weighted by Gasteiger charge is -2.07. The van der Waals surface area contributed by atoms with E-state index in [0.29, 0.717) is 12.0 Å². The van der Waals surface area contributed by atoms with Crippen molar-refractivity contribution in [2.45, 2.75) is 17.7 Å². The van der Waals surface area contributed by atoms with Gasteiger partial charge in [-0.05, 0) is 55.9 Å². The van der Waals surface area contributed by atoms with Gasteiger partial charge in [-0.2, -0.15) is 0 Å². The number of hydrogen-bond donors (Lipinski definition) is 1.